The maximum absolute atomic E-state index is 5.48. The molecular weight excluding hydrogens is 258 g/mol. The molecule has 0 bridgehead atoms. The number of halogens is 1. The number of aromatic nitrogens is 1. The average Bonchev–Trinajstić information content (AvgIpc) is 2.48. The van der Waals surface area contributed by atoms with Crippen LogP contribution < -0.4 is 9.92 Å². The number of hydrogen-bond acceptors (Lipinski definition) is 2. The Bertz CT molecular complexity index is 373. The van der Waals surface area contributed by atoms with Crippen molar-refractivity contribution in [1.82, 2.24) is 4.98 Å². The number of hydrogen-bond donors (Lipinski definition) is 0. The summed E-state index contributed by atoms with van der Waals surface area (Å²) < 4.78 is 6.63. The molecule has 1 aliphatic heterocycles. The molecule has 0 aliphatic carbocycles. The quantitative estimate of drug-likeness (QED) is 0.732. The van der Waals surface area contributed by atoms with Crippen LogP contribution in [0.15, 0.2) is 10.7 Å². The summed E-state index contributed by atoms with van der Waals surface area (Å²) in [7, 11) is -1.30. The van der Waals surface area contributed by atoms with Crippen LogP contribution in [0.3, 0.4) is 0 Å². The van der Waals surface area contributed by atoms with E-state index in [4.69, 9.17) is 4.74 Å². The van der Waals surface area contributed by atoms with Crippen LogP contribution in [0.25, 0.3) is 0 Å². The highest BCUT2D eigenvalue weighted by atomic mass is 79.9. The SMILES string of the molecule is C[Si](C)(C)c1c(Br)cnc2c1CCO2. The fourth-order valence-corrected chi connectivity index (χ4v) is 5.97. The Hall–Kier alpha value is -0.353. The Labute approximate surface area is 93.8 Å². The van der Waals surface area contributed by atoms with Crippen LogP contribution in [-0.4, -0.2) is 19.7 Å². The standard InChI is InChI=1S/C10H14BrNOSi/c1-14(2,3)9-7-4-5-13-10(7)12-6-8(9)11/h6H,4-5H2,1-3H3. The monoisotopic (exact) mass is 271 g/mol. The van der Waals surface area contributed by atoms with Crippen molar-refractivity contribution in [1.29, 1.82) is 0 Å². The molecule has 4 heteroatoms. The summed E-state index contributed by atoms with van der Waals surface area (Å²) in [6.07, 6.45) is 2.89. The third-order valence-corrected chi connectivity index (χ3v) is 5.47. The van der Waals surface area contributed by atoms with Crippen molar-refractivity contribution in [2.24, 2.45) is 0 Å². The summed E-state index contributed by atoms with van der Waals surface area (Å²) in [6.45, 7) is 7.85. The fraction of sp³-hybridized carbons (Fsp3) is 0.500. The first kappa shape index (κ1) is 10.2. The number of pyridine rings is 1. The van der Waals surface area contributed by atoms with Crippen LogP contribution in [0.5, 0.6) is 5.88 Å². The molecule has 0 fully saturated rings. The minimum absolute atomic E-state index is 0.788. The third kappa shape index (κ3) is 1.61. The largest absolute Gasteiger partial charge is 0.477 e. The first-order chi connectivity index (χ1) is 6.50. The molecule has 0 amide bonds. The zero-order valence-electron chi connectivity index (χ0n) is 8.72. The summed E-state index contributed by atoms with van der Waals surface area (Å²) >= 11 is 3.60. The van der Waals surface area contributed by atoms with Crippen LogP contribution in [0.2, 0.25) is 19.6 Å². The second-order valence-electron chi connectivity index (χ2n) is 4.61. The summed E-state index contributed by atoms with van der Waals surface area (Å²) in [6, 6.07) is 0. The minimum atomic E-state index is -1.30. The highest BCUT2D eigenvalue weighted by Gasteiger charge is 2.28. The molecule has 2 rings (SSSR count). The van der Waals surface area contributed by atoms with Gasteiger partial charge < -0.3 is 4.74 Å². The normalized spacial score (nSPS) is 15.1. The van der Waals surface area contributed by atoms with E-state index >= 15 is 0 Å². The van der Waals surface area contributed by atoms with Crippen molar-refractivity contribution in [3.63, 3.8) is 0 Å². The molecule has 0 aromatic carbocycles. The molecule has 14 heavy (non-hydrogen) atoms. The smallest absolute Gasteiger partial charge is 0.216 e. The lowest BCUT2D eigenvalue weighted by Gasteiger charge is -2.21. The van der Waals surface area contributed by atoms with E-state index in [1.54, 1.807) is 0 Å². The van der Waals surface area contributed by atoms with Crippen molar-refractivity contribution in [2.75, 3.05) is 6.61 Å². The van der Waals surface area contributed by atoms with Crippen LogP contribution in [0.4, 0.5) is 0 Å². The molecule has 0 N–H and O–H groups in total. The van der Waals surface area contributed by atoms with Crippen LogP contribution in [-0.2, 0) is 6.42 Å². The van der Waals surface area contributed by atoms with Gasteiger partial charge in [0.1, 0.15) is 0 Å². The van der Waals surface area contributed by atoms with E-state index in [1.807, 2.05) is 6.20 Å². The van der Waals surface area contributed by atoms with Crippen molar-refractivity contribution >= 4 is 29.2 Å². The zero-order valence-corrected chi connectivity index (χ0v) is 11.3. The van der Waals surface area contributed by atoms with E-state index < -0.39 is 8.07 Å². The topological polar surface area (TPSA) is 22.1 Å². The molecular formula is C10H14BrNOSi. The fourth-order valence-electron chi connectivity index (χ4n) is 1.93. The van der Waals surface area contributed by atoms with Gasteiger partial charge in [0.2, 0.25) is 5.88 Å². The van der Waals surface area contributed by atoms with E-state index in [9.17, 15) is 0 Å². The second kappa shape index (κ2) is 3.34. The van der Waals surface area contributed by atoms with Crippen molar-refractivity contribution < 1.29 is 4.74 Å². The highest BCUT2D eigenvalue weighted by Crippen LogP contribution is 2.26. The second-order valence-corrected chi connectivity index (χ2v) is 10.5. The Balaban J connectivity index is 2.63. The van der Waals surface area contributed by atoms with Gasteiger partial charge in [-0.2, -0.15) is 0 Å². The van der Waals surface area contributed by atoms with E-state index in [0.717, 1.165) is 23.4 Å². The highest BCUT2D eigenvalue weighted by molar-refractivity contribution is 9.10. The Morgan fingerprint density at radius 2 is 2.14 bits per heavy atom. The summed E-state index contributed by atoms with van der Waals surface area (Å²) in [5.74, 6) is 0.852. The molecule has 0 spiro atoms. The van der Waals surface area contributed by atoms with Gasteiger partial charge in [0.25, 0.3) is 0 Å². The average molecular weight is 272 g/mol. The first-order valence-electron chi connectivity index (χ1n) is 4.81. The van der Waals surface area contributed by atoms with E-state index in [-0.39, 0.29) is 0 Å². The zero-order chi connectivity index (χ0) is 10.3. The van der Waals surface area contributed by atoms with Gasteiger partial charge >= 0.3 is 0 Å². The first-order valence-corrected chi connectivity index (χ1v) is 9.10. The summed E-state index contributed by atoms with van der Waals surface area (Å²) in [4.78, 5) is 4.29. The lowest BCUT2D eigenvalue weighted by atomic mass is 10.2. The van der Waals surface area contributed by atoms with Crippen molar-refractivity contribution in [2.45, 2.75) is 26.1 Å². The van der Waals surface area contributed by atoms with E-state index in [1.165, 1.54) is 10.8 Å². The Morgan fingerprint density at radius 1 is 1.43 bits per heavy atom. The molecule has 0 radical (unpaired) electrons. The summed E-state index contributed by atoms with van der Waals surface area (Å²) in [5, 5.41) is 1.47. The summed E-state index contributed by atoms with van der Waals surface area (Å²) in [5.41, 5.74) is 1.33. The van der Waals surface area contributed by atoms with Gasteiger partial charge in [0.05, 0.1) is 14.7 Å². The maximum atomic E-state index is 5.48. The molecule has 0 saturated carbocycles. The number of ether oxygens (including phenoxy) is 1. The third-order valence-electron chi connectivity index (χ3n) is 2.43. The van der Waals surface area contributed by atoms with Crippen LogP contribution in [0.1, 0.15) is 5.56 Å². The van der Waals surface area contributed by atoms with Gasteiger partial charge in [-0.25, -0.2) is 4.98 Å². The molecule has 0 unspecified atom stereocenters. The molecule has 1 aromatic rings. The predicted molar refractivity (Wildman–Crippen MR) is 64.1 cm³/mol. The number of rotatable bonds is 1. The Morgan fingerprint density at radius 3 is 2.79 bits per heavy atom. The van der Waals surface area contributed by atoms with Gasteiger partial charge in [-0.3, -0.25) is 0 Å². The van der Waals surface area contributed by atoms with Gasteiger partial charge in [-0.1, -0.05) is 19.6 Å². The Kier molecular flexibility index (Phi) is 2.43. The van der Waals surface area contributed by atoms with Crippen LogP contribution >= 0.6 is 15.9 Å². The molecule has 2 heterocycles. The predicted octanol–water partition coefficient (Wildman–Crippen LogP) is 2.32. The minimum Gasteiger partial charge on any atom is -0.477 e. The maximum Gasteiger partial charge on any atom is 0.216 e. The van der Waals surface area contributed by atoms with Gasteiger partial charge in [0, 0.05) is 22.7 Å². The van der Waals surface area contributed by atoms with Crippen molar-refractivity contribution in [3.8, 4) is 5.88 Å². The van der Waals surface area contributed by atoms with Gasteiger partial charge in [-0.05, 0) is 21.1 Å². The lowest BCUT2D eigenvalue weighted by Crippen LogP contribution is -2.41. The number of fused-ring (bicyclic) bond motifs is 1. The van der Waals surface area contributed by atoms with E-state index in [0.29, 0.717) is 0 Å². The van der Waals surface area contributed by atoms with Gasteiger partial charge in [0.15, 0.2) is 0 Å². The van der Waals surface area contributed by atoms with Gasteiger partial charge in [-0.15, -0.1) is 0 Å². The molecule has 76 valence electrons. The van der Waals surface area contributed by atoms with Crippen LogP contribution in [0, 0.1) is 0 Å². The molecule has 0 atom stereocenters. The van der Waals surface area contributed by atoms with Crippen molar-refractivity contribution in [3.05, 3.63) is 16.2 Å². The number of nitrogens with zero attached hydrogens (tertiary/aromatic N) is 1. The lowest BCUT2D eigenvalue weighted by molar-refractivity contribution is 0.345. The molecule has 1 aliphatic rings. The molecule has 2 nitrogen and oxygen atoms in total. The molecule has 0 saturated heterocycles. The van der Waals surface area contributed by atoms with E-state index in [2.05, 4.69) is 40.6 Å². The molecule has 1 aromatic heterocycles.